The second-order valence-corrected chi connectivity index (χ2v) is 6.20. The van der Waals surface area contributed by atoms with Crippen LogP contribution in [0.1, 0.15) is 23.1 Å². The SMILES string of the molecule is Cc1nsc(SC(C)C(=O)c2ccc(F)cc2F)n1. The zero-order valence-corrected chi connectivity index (χ0v) is 11.8. The fourth-order valence-corrected chi connectivity index (χ4v) is 3.30. The number of ketones is 1. The van der Waals surface area contributed by atoms with Crippen molar-refractivity contribution in [1.82, 2.24) is 9.36 Å². The molecule has 0 amide bonds. The van der Waals surface area contributed by atoms with Gasteiger partial charge in [0, 0.05) is 6.07 Å². The number of rotatable bonds is 4. The Morgan fingerprint density at radius 1 is 1.42 bits per heavy atom. The van der Waals surface area contributed by atoms with Crippen LogP contribution in [-0.2, 0) is 0 Å². The van der Waals surface area contributed by atoms with Gasteiger partial charge in [-0.2, -0.15) is 4.37 Å². The number of benzene rings is 1. The van der Waals surface area contributed by atoms with Gasteiger partial charge in [-0.1, -0.05) is 11.8 Å². The molecule has 0 aliphatic carbocycles. The Hall–Kier alpha value is -1.34. The number of hydrogen-bond donors (Lipinski definition) is 0. The van der Waals surface area contributed by atoms with Gasteiger partial charge >= 0.3 is 0 Å². The smallest absolute Gasteiger partial charge is 0.178 e. The normalized spacial score (nSPS) is 12.4. The summed E-state index contributed by atoms with van der Waals surface area (Å²) in [5, 5.41) is -0.507. The van der Waals surface area contributed by atoms with Crippen LogP contribution in [0.15, 0.2) is 22.5 Å². The molecule has 19 heavy (non-hydrogen) atoms. The molecule has 2 rings (SSSR count). The van der Waals surface area contributed by atoms with Crippen molar-refractivity contribution in [2.75, 3.05) is 0 Å². The largest absolute Gasteiger partial charge is 0.293 e. The molecular formula is C12H10F2N2OS2. The van der Waals surface area contributed by atoms with Gasteiger partial charge in [0.05, 0.1) is 10.8 Å². The van der Waals surface area contributed by atoms with Gasteiger partial charge in [0.25, 0.3) is 0 Å². The number of carbonyl (C=O) groups excluding carboxylic acids is 1. The number of aryl methyl sites for hydroxylation is 1. The highest BCUT2D eigenvalue weighted by Crippen LogP contribution is 2.27. The highest BCUT2D eigenvalue weighted by atomic mass is 32.2. The monoisotopic (exact) mass is 300 g/mol. The molecule has 1 unspecified atom stereocenters. The number of carbonyl (C=O) groups is 1. The van der Waals surface area contributed by atoms with Gasteiger partial charge in [0.15, 0.2) is 10.1 Å². The number of halogens is 2. The lowest BCUT2D eigenvalue weighted by Crippen LogP contribution is -2.15. The van der Waals surface area contributed by atoms with Crippen LogP contribution in [0.4, 0.5) is 8.78 Å². The molecule has 0 bridgehead atoms. The standard InChI is InChI=1S/C12H10F2N2OS2/c1-6(18-12-15-7(2)16-19-12)11(17)9-4-3-8(13)5-10(9)14/h3-6H,1-2H3. The van der Waals surface area contributed by atoms with Crippen molar-refractivity contribution >= 4 is 29.1 Å². The fourth-order valence-electron chi connectivity index (χ4n) is 1.44. The highest BCUT2D eigenvalue weighted by molar-refractivity contribution is 8.02. The van der Waals surface area contributed by atoms with E-state index >= 15 is 0 Å². The molecule has 0 aliphatic heterocycles. The van der Waals surface area contributed by atoms with Crippen LogP contribution in [0.25, 0.3) is 0 Å². The molecule has 0 spiro atoms. The first-order chi connectivity index (χ1) is 8.97. The zero-order valence-electron chi connectivity index (χ0n) is 10.2. The highest BCUT2D eigenvalue weighted by Gasteiger charge is 2.21. The topological polar surface area (TPSA) is 42.9 Å². The molecule has 0 N–H and O–H groups in total. The Balaban J connectivity index is 2.14. The van der Waals surface area contributed by atoms with E-state index in [-0.39, 0.29) is 5.56 Å². The third-order valence-corrected chi connectivity index (χ3v) is 4.33. The number of Topliss-reactive ketones (excluding diaryl/α,β-unsaturated/α-hetero) is 1. The van der Waals surface area contributed by atoms with Crippen LogP contribution in [0, 0.1) is 18.6 Å². The summed E-state index contributed by atoms with van der Waals surface area (Å²) in [5.41, 5.74) is -0.109. The van der Waals surface area contributed by atoms with Crippen molar-refractivity contribution in [3.63, 3.8) is 0 Å². The van der Waals surface area contributed by atoms with Crippen molar-refractivity contribution in [2.24, 2.45) is 0 Å². The molecule has 0 fully saturated rings. The van der Waals surface area contributed by atoms with E-state index in [0.717, 1.165) is 12.1 Å². The summed E-state index contributed by atoms with van der Waals surface area (Å²) in [6, 6.07) is 2.94. The van der Waals surface area contributed by atoms with Crippen molar-refractivity contribution < 1.29 is 13.6 Å². The molecule has 0 saturated carbocycles. The van der Waals surface area contributed by atoms with E-state index in [1.54, 1.807) is 13.8 Å². The van der Waals surface area contributed by atoms with Gasteiger partial charge in [0.2, 0.25) is 0 Å². The third kappa shape index (κ3) is 3.36. The molecule has 0 saturated heterocycles. The maximum Gasteiger partial charge on any atom is 0.178 e. The zero-order chi connectivity index (χ0) is 14.0. The van der Waals surface area contributed by atoms with E-state index in [2.05, 4.69) is 9.36 Å². The Morgan fingerprint density at radius 2 is 2.16 bits per heavy atom. The second kappa shape index (κ2) is 5.75. The summed E-state index contributed by atoms with van der Waals surface area (Å²) in [5.74, 6) is -1.30. The first-order valence-corrected chi connectivity index (χ1v) is 7.09. The number of nitrogens with zero attached hydrogens (tertiary/aromatic N) is 2. The predicted molar refractivity (Wildman–Crippen MR) is 70.7 cm³/mol. The molecule has 1 aromatic heterocycles. The molecular weight excluding hydrogens is 290 g/mol. The minimum absolute atomic E-state index is 0.109. The Labute approximate surface area is 117 Å². The van der Waals surface area contributed by atoms with Gasteiger partial charge in [-0.05, 0) is 37.5 Å². The molecule has 7 heteroatoms. The van der Waals surface area contributed by atoms with Crippen molar-refractivity contribution in [3.8, 4) is 0 Å². The molecule has 0 aliphatic rings. The van der Waals surface area contributed by atoms with Crippen molar-refractivity contribution in [2.45, 2.75) is 23.4 Å². The van der Waals surface area contributed by atoms with Crippen molar-refractivity contribution in [3.05, 3.63) is 41.2 Å². The van der Waals surface area contributed by atoms with Crippen LogP contribution < -0.4 is 0 Å². The van der Waals surface area contributed by atoms with E-state index in [1.807, 2.05) is 0 Å². The maximum atomic E-state index is 13.5. The summed E-state index contributed by atoms with van der Waals surface area (Å²) < 4.78 is 31.0. The maximum absolute atomic E-state index is 13.5. The number of aromatic nitrogens is 2. The lowest BCUT2D eigenvalue weighted by atomic mass is 10.1. The quantitative estimate of drug-likeness (QED) is 0.640. The summed E-state index contributed by atoms with van der Waals surface area (Å²) in [6.45, 7) is 3.42. The van der Waals surface area contributed by atoms with Crippen LogP contribution in [0.2, 0.25) is 0 Å². The van der Waals surface area contributed by atoms with Crippen LogP contribution in [0.3, 0.4) is 0 Å². The molecule has 100 valence electrons. The lowest BCUT2D eigenvalue weighted by molar-refractivity contribution is 0.0990. The lowest BCUT2D eigenvalue weighted by Gasteiger charge is -2.08. The van der Waals surface area contributed by atoms with E-state index in [4.69, 9.17) is 0 Å². The molecule has 1 heterocycles. The van der Waals surface area contributed by atoms with E-state index in [0.29, 0.717) is 16.2 Å². The first kappa shape index (κ1) is 14.1. The van der Waals surface area contributed by atoms with E-state index in [9.17, 15) is 13.6 Å². The van der Waals surface area contributed by atoms with Gasteiger partial charge in [0.1, 0.15) is 17.5 Å². The molecule has 1 aromatic carbocycles. The predicted octanol–water partition coefficient (Wildman–Crippen LogP) is 3.49. The van der Waals surface area contributed by atoms with Gasteiger partial charge in [-0.15, -0.1) is 0 Å². The Bertz CT molecular complexity index is 616. The number of thioether (sulfide) groups is 1. The minimum atomic E-state index is -0.842. The Kier molecular flexibility index (Phi) is 4.26. The third-order valence-electron chi connectivity index (χ3n) is 2.35. The van der Waals surface area contributed by atoms with Crippen LogP contribution >= 0.6 is 23.3 Å². The van der Waals surface area contributed by atoms with Crippen LogP contribution in [-0.4, -0.2) is 20.4 Å². The van der Waals surface area contributed by atoms with Gasteiger partial charge in [-0.25, -0.2) is 13.8 Å². The fraction of sp³-hybridized carbons (Fsp3) is 0.250. The summed E-state index contributed by atoms with van der Waals surface area (Å²) in [7, 11) is 0. The summed E-state index contributed by atoms with van der Waals surface area (Å²) in [6.07, 6.45) is 0. The molecule has 0 radical (unpaired) electrons. The Morgan fingerprint density at radius 3 is 2.74 bits per heavy atom. The summed E-state index contributed by atoms with van der Waals surface area (Å²) >= 11 is 2.41. The average molecular weight is 300 g/mol. The first-order valence-electron chi connectivity index (χ1n) is 5.43. The molecule has 3 nitrogen and oxygen atoms in total. The van der Waals surface area contributed by atoms with E-state index < -0.39 is 22.7 Å². The second-order valence-electron chi connectivity index (χ2n) is 3.86. The summed E-state index contributed by atoms with van der Waals surface area (Å²) in [4.78, 5) is 16.2. The molecule has 2 aromatic rings. The minimum Gasteiger partial charge on any atom is -0.293 e. The van der Waals surface area contributed by atoms with Gasteiger partial charge < -0.3 is 0 Å². The van der Waals surface area contributed by atoms with Gasteiger partial charge in [-0.3, -0.25) is 4.79 Å². The number of hydrogen-bond acceptors (Lipinski definition) is 5. The van der Waals surface area contributed by atoms with Crippen LogP contribution in [0.5, 0.6) is 0 Å². The van der Waals surface area contributed by atoms with E-state index in [1.165, 1.54) is 23.3 Å². The average Bonchev–Trinajstić information content (AvgIpc) is 2.74. The van der Waals surface area contributed by atoms with Crippen molar-refractivity contribution in [1.29, 1.82) is 0 Å². The molecule has 1 atom stereocenters.